The van der Waals surface area contributed by atoms with Crippen molar-refractivity contribution in [1.82, 2.24) is 0 Å². The molecule has 0 aliphatic heterocycles. The lowest BCUT2D eigenvalue weighted by Gasteiger charge is -2.18. The minimum absolute atomic E-state index is 0.0805. The lowest BCUT2D eigenvalue weighted by molar-refractivity contribution is 0.334. The van der Waals surface area contributed by atoms with Gasteiger partial charge in [-0.3, -0.25) is 0 Å². The lowest BCUT2D eigenvalue weighted by atomic mass is 9.93. The van der Waals surface area contributed by atoms with Gasteiger partial charge in [0.15, 0.2) is 11.5 Å². The molecule has 0 saturated carbocycles. The number of aromatic hydroxyl groups is 1. The second-order valence-electron chi connectivity index (χ2n) is 5.12. The standard InChI is InChI=1S/C20H18O3/c1-22-17-13-16(14-9-5-3-6-10-14)18(19(21)20(17)23-2)15-11-7-4-8-12-15/h3-13,21H,1-2H3. The zero-order valence-corrected chi connectivity index (χ0v) is 13.1. The summed E-state index contributed by atoms with van der Waals surface area (Å²) >= 11 is 0. The predicted octanol–water partition coefficient (Wildman–Crippen LogP) is 4.74. The maximum Gasteiger partial charge on any atom is 0.203 e. The van der Waals surface area contributed by atoms with Gasteiger partial charge in [0.1, 0.15) is 0 Å². The van der Waals surface area contributed by atoms with Crippen molar-refractivity contribution in [2.24, 2.45) is 0 Å². The van der Waals surface area contributed by atoms with Gasteiger partial charge < -0.3 is 14.6 Å². The third-order valence-electron chi connectivity index (χ3n) is 3.79. The summed E-state index contributed by atoms with van der Waals surface area (Å²) < 4.78 is 10.7. The number of rotatable bonds is 4. The van der Waals surface area contributed by atoms with Crippen molar-refractivity contribution in [3.63, 3.8) is 0 Å². The molecule has 0 aliphatic rings. The van der Waals surface area contributed by atoms with Crippen LogP contribution in [0.5, 0.6) is 17.2 Å². The number of phenolic OH excluding ortho intramolecular Hbond substituents is 1. The van der Waals surface area contributed by atoms with Gasteiger partial charge in [0.25, 0.3) is 0 Å². The van der Waals surface area contributed by atoms with Crippen LogP contribution in [0.15, 0.2) is 66.7 Å². The topological polar surface area (TPSA) is 38.7 Å². The largest absolute Gasteiger partial charge is 0.504 e. The van der Waals surface area contributed by atoms with E-state index in [0.717, 1.165) is 22.3 Å². The summed E-state index contributed by atoms with van der Waals surface area (Å²) in [6, 6.07) is 21.6. The van der Waals surface area contributed by atoms with Gasteiger partial charge in [0.2, 0.25) is 5.75 Å². The van der Waals surface area contributed by atoms with Crippen LogP contribution < -0.4 is 9.47 Å². The molecule has 0 fully saturated rings. The highest BCUT2D eigenvalue weighted by Crippen LogP contribution is 2.49. The van der Waals surface area contributed by atoms with Crippen molar-refractivity contribution in [1.29, 1.82) is 0 Å². The quantitative estimate of drug-likeness (QED) is 0.756. The first-order valence-electron chi connectivity index (χ1n) is 7.35. The minimum Gasteiger partial charge on any atom is -0.504 e. The summed E-state index contributed by atoms with van der Waals surface area (Å²) in [6.45, 7) is 0. The number of phenols is 1. The first-order chi connectivity index (χ1) is 11.3. The zero-order valence-electron chi connectivity index (χ0n) is 13.1. The van der Waals surface area contributed by atoms with E-state index in [1.165, 1.54) is 7.11 Å². The molecule has 3 heteroatoms. The molecule has 0 amide bonds. The Labute approximate surface area is 135 Å². The van der Waals surface area contributed by atoms with Crippen LogP contribution in [0.4, 0.5) is 0 Å². The van der Waals surface area contributed by atoms with Crippen LogP contribution in [-0.2, 0) is 0 Å². The fourth-order valence-electron chi connectivity index (χ4n) is 2.72. The van der Waals surface area contributed by atoms with E-state index < -0.39 is 0 Å². The fraction of sp³-hybridized carbons (Fsp3) is 0.100. The van der Waals surface area contributed by atoms with E-state index >= 15 is 0 Å². The second kappa shape index (κ2) is 6.44. The van der Waals surface area contributed by atoms with Crippen molar-refractivity contribution in [2.45, 2.75) is 0 Å². The molecule has 0 unspecified atom stereocenters. The van der Waals surface area contributed by atoms with Gasteiger partial charge in [-0.2, -0.15) is 0 Å². The molecule has 0 aliphatic carbocycles. The predicted molar refractivity (Wildman–Crippen MR) is 92.1 cm³/mol. The number of hydrogen-bond acceptors (Lipinski definition) is 3. The Morgan fingerprint density at radius 2 is 1.30 bits per heavy atom. The molecule has 0 bridgehead atoms. The molecular weight excluding hydrogens is 288 g/mol. The van der Waals surface area contributed by atoms with Crippen molar-refractivity contribution in [3.05, 3.63) is 66.7 Å². The normalized spacial score (nSPS) is 10.3. The van der Waals surface area contributed by atoms with E-state index in [2.05, 4.69) is 0 Å². The molecule has 3 nitrogen and oxygen atoms in total. The summed E-state index contributed by atoms with van der Waals surface area (Å²) in [5.74, 6) is 0.923. The summed E-state index contributed by atoms with van der Waals surface area (Å²) in [7, 11) is 3.09. The van der Waals surface area contributed by atoms with Crippen LogP contribution in [0.25, 0.3) is 22.3 Å². The highest BCUT2D eigenvalue weighted by Gasteiger charge is 2.21. The molecule has 23 heavy (non-hydrogen) atoms. The third kappa shape index (κ3) is 2.73. The second-order valence-corrected chi connectivity index (χ2v) is 5.12. The Morgan fingerprint density at radius 3 is 1.83 bits per heavy atom. The van der Waals surface area contributed by atoms with Crippen molar-refractivity contribution >= 4 is 0 Å². The molecule has 0 radical (unpaired) electrons. The molecule has 0 aromatic heterocycles. The monoisotopic (exact) mass is 306 g/mol. The maximum absolute atomic E-state index is 10.8. The summed E-state index contributed by atoms with van der Waals surface area (Å²) in [5, 5.41) is 10.8. The summed E-state index contributed by atoms with van der Waals surface area (Å²) in [6.07, 6.45) is 0. The van der Waals surface area contributed by atoms with E-state index in [0.29, 0.717) is 11.5 Å². The molecule has 3 aromatic carbocycles. The molecular formula is C20H18O3. The molecule has 0 spiro atoms. The van der Waals surface area contributed by atoms with E-state index in [4.69, 9.17) is 9.47 Å². The van der Waals surface area contributed by atoms with E-state index in [9.17, 15) is 5.11 Å². The Balaban J connectivity index is 2.35. The average molecular weight is 306 g/mol. The minimum atomic E-state index is 0.0805. The van der Waals surface area contributed by atoms with Crippen LogP contribution >= 0.6 is 0 Å². The molecule has 1 N–H and O–H groups in total. The number of hydrogen-bond donors (Lipinski definition) is 1. The van der Waals surface area contributed by atoms with Gasteiger partial charge in [-0.15, -0.1) is 0 Å². The van der Waals surface area contributed by atoms with Gasteiger partial charge in [-0.05, 0) is 22.8 Å². The Morgan fingerprint density at radius 1 is 0.739 bits per heavy atom. The van der Waals surface area contributed by atoms with E-state index in [-0.39, 0.29) is 5.75 Å². The highest BCUT2D eigenvalue weighted by atomic mass is 16.5. The van der Waals surface area contributed by atoms with E-state index in [1.54, 1.807) is 7.11 Å². The highest BCUT2D eigenvalue weighted by molar-refractivity contribution is 5.91. The molecule has 0 atom stereocenters. The summed E-state index contributed by atoms with van der Waals surface area (Å²) in [4.78, 5) is 0. The van der Waals surface area contributed by atoms with Crippen LogP contribution in [0.2, 0.25) is 0 Å². The summed E-state index contributed by atoms with van der Waals surface area (Å²) in [5.41, 5.74) is 3.55. The third-order valence-corrected chi connectivity index (χ3v) is 3.79. The average Bonchev–Trinajstić information content (AvgIpc) is 2.62. The SMILES string of the molecule is COc1cc(-c2ccccc2)c(-c2ccccc2)c(O)c1OC. The van der Waals surface area contributed by atoms with Crippen LogP contribution in [-0.4, -0.2) is 19.3 Å². The maximum atomic E-state index is 10.8. The first kappa shape index (κ1) is 15.0. The Hall–Kier alpha value is -2.94. The van der Waals surface area contributed by atoms with Gasteiger partial charge in [0.05, 0.1) is 14.2 Å². The number of methoxy groups -OCH3 is 2. The van der Waals surface area contributed by atoms with Crippen LogP contribution in [0.1, 0.15) is 0 Å². The van der Waals surface area contributed by atoms with Crippen molar-refractivity contribution in [3.8, 4) is 39.5 Å². The Kier molecular flexibility index (Phi) is 4.20. The Bertz CT molecular complexity index is 796. The fourth-order valence-corrected chi connectivity index (χ4v) is 2.72. The van der Waals surface area contributed by atoms with E-state index in [1.807, 2.05) is 66.7 Å². The number of ether oxygens (including phenoxy) is 2. The van der Waals surface area contributed by atoms with Gasteiger partial charge in [-0.1, -0.05) is 60.7 Å². The smallest absolute Gasteiger partial charge is 0.203 e. The van der Waals surface area contributed by atoms with Crippen LogP contribution in [0.3, 0.4) is 0 Å². The molecule has 0 heterocycles. The first-order valence-corrected chi connectivity index (χ1v) is 7.35. The lowest BCUT2D eigenvalue weighted by Crippen LogP contribution is -1.95. The van der Waals surface area contributed by atoms with Gasteiger partial charge in [0, 0.05) is 5.56 Å². The zero-order chi connectivity index (χ0) is 16.2. The molecule has 3 aromatic rings. The molecule has 3 rings (SSSR count). The molecule has 0 saturated heterocycles. The number of benzene rings is 3. The van der Waals surface area contributed by atoms with Crippen molar-refractivity contribution in [2.75, 3.05) is 14.2 Å². The molecule has 116 valence electrons. The van der Waals surface area contributed by atoms with Crippen LogP contribution in [0, 0.1) is 0 Å². The van der Waals surface area contributed by atoms with Gasteiger partial charge in [-0.25, -0.2) is 0 Å². The van der Waals surface area contributed by atoms with Crippen molar-refractivity contribution < 1.29 is 14.6 Å². The van der Waals surface area contributed by atoms with Gasteiger partial charge >= 0.3 is 0 Å².